The lowest BCUT2D eigenvalue weighted by Gasteiger charge is -2.22. The normalized spacial score (nSPS) is 12.8. The van der Waals surface area contributed by atoms with Gasteiger partial charge in [-0.15, -0.1) is 0 Å². The van der Waals surface area contributed by atoms with Crippen LogP contribution in [0.1, 0.15) is 19.4 Å². The van der Waals surface area contributed by atoms with Gasteiger partial charge >= 0.3 is 0 Å². The largest absolute Gasteiger partial charge is 0.324 e. The van der Waals surface area contributed by atoms with Gasteiger partial charge in [-0.25, -0.2) is 12.8 Å². The van der Waals surface area contributed by atoms with Gasteiger partial charge in [0, 0.05) is 9.26 Å². The predicted octanol–water partition coefficient (Wildman–Crippen LogP) is 3.68. The third-order valence-electron chi connectivity index (χ3n) is 3.80. The third kappa shape index (κ3) is 5.01. The van der Waals surface area contributed by atoms with E-state index in [1.807, 2.05) is 19.1 Å². The number of nitrogens with one attached hydrogen (secondary N) is 2. The Bertz CT molecular complexity index is 916. The van der Waals surface area contributed by atoms with Gasteiger partial charge < -0.3 is 5.32 Å². The van der Waals surface area contributed by atoms with Crippen molar-refractivity contribution in [3.05, 3.63) is 57.4 Å². The minimum atomic E-state index is -4.18. The summed E-state index contributed by atoms with van der Waals surface area (Å²) in [6.45, 7) is 5.29. The van der Waals surface area contributed by atoms with Crippen molar-refractivity contribution in [3.8, 4) is 0 Å². The van der Waals surface area contributed by atoms with Crippen molar-refractivity contribution in [1.82, 2.24) is 4.72 Å². The molecule has 0 spiro atoms. The van der Waals surface area contributed by atoms with Gasteiger partial charge in [-0.1, -0.05) is 26.0 Å². The number of amides is 1. The summed E-state index contributed by atoms with van der Waals surface area (Å²) < 4.78 is 42.2. The molecule has 0 heterocycles. The average molecular weight is 490 g/mol. The first-order chi connectivity index (χ1) is 12.1. The molecule has 0 aromatic heterocycles. The van der Waals surface area contributed by atoms with E-state index in [4.69, 9.17) is 0 Å². The van der Waals surface area contributed by atoms with Crippen LogP contribution in [0.3, 0.4) is 0 Å². The van der Waals surface area contributed by atoms with Crippen LogP contribution in [0.2, 0.25) is 0 Å². The number of rotatable bonds is 6. The maximum absolute atomic E-state index is 13.9. The van der Waals surface area contributed by atoms with Gasteiger partial charge in [-0.05, 0) is 71.3 Å². The number of sulfonamides is 1. The summed E-state index contributed by atoms with van der Waals surface area (Å²) in [6, 6.07) is 9.53. The molecule has 140 valence electrons. The lowest BCUT2D eigenvalue weighted by molar-refractivity contribution is -0.118. The molecule has 0 fully saturated rings. The standard InChI is InChI=1S/C18H20FIN2O3S/c1-11(2)17(18(23)21-15-9-8-13(20)10-12(15)3)22-26(24,25)16-7-5-4-6-14(16)19/h4-11,17,22H,1-3H3,(H,21,23)/t17-/m0/s1. The molecule has 0 unspecified atom stereocenters. The van der Waals surface area contributed by atoms with Gasteiger partial charge in [0.15, 0.2) is 0 Å². The lowest BCUT2D eigenvalue weighted by atomic mass is 10.0. The van der Waals surface area contributed by atoms with E-state index in [9.17, 15) is 17.6 Å². The summed E-state index contributed by atoms with van der Waals surface area (Å²) in [4.78, 5) is 12.2. The van der Waals surface area contributed by atoms with Gasteiger partial charge in [0.25, 0.3) is 0 Å². The summed E-state index contributed by atoms with van der Waals surface area (Å²) in [5.74, 6) is -1.69. The van der Waals surface area contributed by atoms with Crippen molar-refractivity contribution in [2.24, 2.45) is 5.92 Å². The zero-order valence-electron chi connectivity index (χ0n) is 14.6. The minimum Gasteiger partial charge on any atom is -0.324 e. The van der Waals surface area contributed by atoms with Crippen molar-refractivity contribution in [2.75, 3.05) is 5.32 Å². The molecule has 0 aliphatic heterocycles. The van der Waals surface area contributed by atoms with E-state index in [2.05, 4.69) is 32.6 Å². The van der Waals surface area contributed by atoms with Crippen LogP contribution in [0, 0.1) is 22.2 Å². The number of hydrogen-bond acceptors (Lipinski definition) is 3. The van der Waals surface area contributed by atoms with Crippen molar-refractivity contribution >= 4 is 44.2 Å². The second-order valence-corrected chi connectivity index (χ2v) is 9.15. The number of anilines is 1. The first-order valence-electron chi connectivity index (χ1n) is 7.95. The Labute approximate surface area is 166 Å². The summed E-state index contributed by atoms with van der Waals surface area (Å²) in [7, 11) is -4.18. The molecule has 1 atom stereocenters. The van der Waals surface area contributed by atoms with Crippen LogP contribution in [-0.4, -0.2) is 20.4 Å². The molecule has 0 saturated carbocycles. The first-order valence-corrected chi connectivity index (χ1v) is 10.5. The molecule has 0 aliphatic carbocycles. The molecule has 2 aromatic rings. The minimum absolute atomic E-state index is 0.333. The zero-order chi connectivity index (χ0) is 19.5. The van der Waals surface area contributed by atoms with Crippen molar-refractivity contribution in [1.29, 1.82) is 0 Å². The first kappa shape index (κ1) is 20.8. The van der Waals surface area contributed by atoms with Crippen molar-refractivity contribution in [3.63, 3.8) is 0 Å². The Hall–Kier alpha value is -1.52. The second-order valence-electron chi connectivity index (χ2n) is 6.22. The van der Waals surface area contributed by atoms with Gasteiger partial charge in [-0.2, -0.15) is 4.72 Å². The predicted molar refractivity (Wildman–Crippen MR) is 108 cm³/mol. The van der Waals surface area contributed by atoms with Gasteiger partial charge in [-0.3, -0.25) is 4.79 Å². The highest BCUT2D eigenvalue weighted by Crippen LogP contribution is 2.20. The maximum atomic E-state index is 13.9. The quantitative estimate of drug-likeness (QED) is 0.607. The number of hydrogen-bond donors (Lipinski definition) is 2. The highest BCUT2D eigenvalue weighted by Gasteiger charge is 2.30. The smallest absolute Gasteiger partial charge is 0.244 e. The highest BCUT2D eigenvalue weighted by atomic mass is 127. The fraction of sp³-hybridized carbons (Fsp3) is 0.278. The molecule has 0 saturated heterocycles. The molecule has 5 nitrogen and oxygen atoms in total. The van der Waals surface area contributed by atoms with E-state index >= 15 is 0 Å². The van der Waals surface area contributed by atoms with Gasteiger partial charge in [0.2, 0.25) is 15.9 Å². The summed E-state index contributed by atoms with van der Waals surface area (Å²) in [5, 5.41) is 2.74. The van der Waals surface area contributed by atoms with Gasteiger partial charge in [0.05, 0.1) is 0 Å². The Morgan fingerprint density at radius 3 is 2.38 bits per heavy atom. The molecule has 2 N–H and O–H groups in total. The Morgan fingerprint density at radius 1 is 1.15 bits per heavy atom. The van der Waals surface area contributed by atoms with E-state index in [-0.39, 0.29) is 5.92 Å². The van der Waals surface area contributed by atoms with E-state index in [0.29, 0.717) is 5.69 Å². The monoisotopic (exact) mass is 490 g/mol. The zero-order valence-corrected chi connectivity index (χ0v) is 17.6. The number of aryl methyl sites for hydroxylation is 1. The van der Waals surface area contributed by atoms with Crippen LogP contribution in [0.25, 0.3) is 0 Å². The molecule has 0 aliphatic rings. The fourth-order valence-electron chi connectivity index (χ4n) is 2.36. The number of carbonyl (C=O) groups is 1. The molecule has 2 rings (SSSR count). The molecule has 2 aromatic carbocycles. The molecule has 1 amide bonds. The Kier molecular flexibility index (Phi) is 6.75. The van der Waals surface area contributed by atoms with Crippen LogP contribution >= 0.6 is 22.6 Å². The van der Waals surface area contributed by atoms with E-state index in [1.165, 1.54) is 12.1 Å². The van der Waals surface area contributed by atoms with Gasteiger partial charge in [0.1, 0.15) is 16.8 Å². The number of halogens is 2. The number of benzene rings is 2. The van der Waals surface area contributed by atoms with Crippen LogP contribution in [0.4, 0.5) is 10.1 Å². The molecule has 26 heavy (non-hydrogen) atoms. The van der Waals surface area contributed by atoms with Crippen LogP contribution < -0.4 is 10.0 Å². The molecule has 0 bridgehead atoms. The topological polar surface area (TPSA) is 75.3 Å². The van der Waals surface area contributed by atoms with E-state index < -0.39 is 32.7 Å². The number of carbonyl (C=O) groups excluding carboxylic acids is 1. The van der Waals surface area contributed by atoms with Crippen LogP contribution in [0.5, 0.6) is 0 Å². The molecular weight excluding hydrogens is 470 g/mol. The Morgan fingerprint density at radius 2 is 1.81 bits per heavy atom. The molecular formula is C18H20FIN2O3S. The molecule has 0 radical (unpaired) electrons. The summed E-state index contributed by atoms with van der Waals surface area (Å²) in [6.07, 6.45) is 0. The van der Waals surface area contributed by atoms with Crippen molar-refractivity contribution < 1.29 is 17.6 Å². The SMILES string of the molecule is Cc1cc(I)ccc1NC(=O)[C@@H](NS(=O)(=O)c1ccccc1F)C(C)C. The Balaban J connectivity index is 2.25. The fourth-order valence-corrected chi connectivity index (χ4v) is 4.43. The lowest BCUT2D eigenvalue weighted by Crippen LogP contribution is -2.47. The molecule has 8 heteroatoms. The van der Waals surface area contributed by atoms with E-state index in [0.717, 1.165) is 21.3 Å². The second kappa shape index (κ2) is 8.45. The van der Waals surface area contributed by atoms with E-state index in [1.54, 1.807) is 19.9 Å². The van der Waals surface area contributed by atoms with Crippen molar-refractivity contribution in [2.45, 2.75) is 31.7 Å². The van der Waals surface area contributed by atoms with Crippen LogP contribution in [-0.2, 0) is 14.8 Å². The summed E-state index contributed by atoms with van der Waals surface area (Å²) >= 11 is 2.17. The average Bonchev–Trinajstić information content (AvgIpc) is 2.55. The maximum Gasteiger partial charge on any atom is 0.244 e. The third-order valence-corrected chi connectivity index (χ3v) is 5.95. The van der Waals surface area contributed by atoms with Crippen LogP contribution in [0.15, 0.2) is 47.4 Å². The highest BCUT2D eigenvalue weighted by molar-refractivity contribution is 14.1. The summed E-state index contributed by atoms with van der Waals surface area (Å²) in [5.41, 5.74) is 1.47.